The number of non-ortho nitro benzene ring substituents is 1. The molecule has 0 unspecified atom stereocenters. The molecule has 0 atom stereocenters. The summed E-state index contributed by atoms with van der Waals surface area (Å²) in [5.74, 6) is -0.170. The van der Waals surface area contributed by atoms with Crippen molar-refractivity contribution >= 4 is 34.8 Å². The highest BCUT2D eigenvalue weighted by molar-refractivity contribution is 6.07. The molecule has 0 aromatic heterocycles. The van der Waals surface area contributed by atoms with Gasteiger partial charge in [0.25, 0.3) is 11.6 Å². The maximum Gasteiger partial charge on any atom is 0.270 e. The number of carbonyl (C=O) groups excluding carboxylic acids is 1. The SMILES string of the molecule is CN(C)CCNC(=O)c1cccc2cc([N+](=O)[O-])ccc12.Cl. The highest BCUT2D eigenvalue weighted by atomic mass is 35.5. The van der Waals surface area contributed by atoms with Crippen molar-refractivity contribution in [2.24, 2.45) is 0 Å². The van der Waals surface area contributed by atoms with E-state index in [0.29, 0.717) is 22.9 Å². The van der Waals surface area contributed by atoms with E-state index in [1.807, 2.05) is 19.0 Å². The van der Waals surface area contributed by atoms with Crippen LogP contribution in [0, 0.1) is 10.1 Å². The molecule has 118 valence electrons. The average molecular weight is 324 g/mol. The van der Waals surface area contributed by atoms with Gasteiger partial charge in [0, 0.05) is 30.8 Å². The van der Waals surface area contributed by atoms with Crippen LogP contribution in [0.5, 0.6) is 0 Å². The van der Waals surface area contributed by atoms with Gasteiger partial charge in [0.15, 0.2) is 0 Å². The Morgan fingerprint density at radius 1 is 1.27 bits per heavy atom. The molecule has 0 fully saturated rings. The Morgan fingerprint density at radius 2 is 2.00 bits per heavy atom. The van der Waals surface area contributed by atoms with Gasteiger partial charge < -0.3 is 10.2 Å². The number of hydrogen-bond acceptors (Lipinski definition) is 4. The van der Waals surface area contributed by atoms with Gasteiger partial charge in [-0.05, 0) is 37.0 Å². The van der Waals surface area contributed by atoms with Crippen molar-refractivity contribution in [2.75, 3.05) is 27.2 Å². The van der Waals surface area contributed by atoms with Crippen molar-refractivity contribution in [1.29, 1.82) is 0 Å². The second kappa shape index (κ2) is 7.72. The summed E-state index contributed by atoms with van der Waals surface area (Å²) in [7, 11) is 3.87. The topological polar surface area (TPSA) is 75.5 Å². The Hall–Kier alpha value is -2.18. The number of amides is 1. The van der Waals surface area contributed by atoms with Crippen LogP contribution in [0.4, 0.5) is 5.69 Å². The van der Waals surface area contributed by atoms with E-state index in [-0.39, 0.29) is 24.0 Å². The van der Waals surface area contributed by atoms with Crippen molar-refractivity contribution in [3.05, 3.63) is 52.1 Å². The van der Waals surface area contributed by atoms with Crippen LogP contribution in [0.1, 0.15) is 10.4 Å². The van der Waals surface area contributed by atoms with Crippen molar-refractivity contribution in [3.8, 4) is 0 Å². The Balaban J connectivity index is 0.00000242. The largest absolute Gasteiger partial charge is 0.351 e. The van der Waals surface area contributed by atoms with Crippen LogP contribution in [-0.2, 0) is 0 Å². The molecule has 2 aromatic rings. The number of carbonyl (C=O) groups is 1. The first kappa shape index (κ1) is 17.9. The molecule has 1 N–H and O–H groups in total. The van der Waals surface area contributed by atoms with Crippen molar-refractivity contribution in [1.82, 2.24) is 10.2 Å². The van der Waals surface area contributed by atoms with Gasteiger partial charge in [0.05, 0.1) is 4.92 Å². The Kier molecular flexibility index (Phi) is 6.27. The fourth-order valence-electron chi connectivity index (χ4n) is 2.07. The fraction of sp³-hybridized carbons (Fsp3) is 0.267. The van der Waals surface area contributed by atoms with Crippen LogP contribution in [0.15, 0.2) is 36.4 Å². The zero-order valence-corrected chi connectivity index (χ0v) is 13.2. The molecule has 2 aromatic carbocycles. The van der Waals surface area contributed by atoms with Crippen LogP contribution >= 0.6 is 12.4 Å². The van der Waals surface area contributed by atoms with Gasteiger partial charge in [-0.25, -0.2) is 0 Å². The van der Waals surface area contributed by atoms with Crippen molar-refractivity contribution < 1.29 is 9.72 Å². The minimum atomic E-state index is -0.441. The number of likely N-dealkylation sites (N-methyl/N-ethyl adjacent to an activating group) is 1. The predicted molar refractivity (Wildman–Crippen MR) is 88.7 cm³/mol. The van der Waals surface area contributed by atoms with Crippen LogP contribution < -0.4 is 5.32 Å². The lowest BCUT2D eigenvalue weighted by Gasteiger charge is -2.11. The lowest BCUT2D eigenvalue weighted by molar-refractivity contribution is -0.384. The molecule has 22 heavy (non-hydrogen) atoms. The number of nitro benzene ring substituents is 1. The second-order valence-corrected chi connectivity index (χ2v) is 5.03. The highest BCUT2D eigenvalue weighted by Gasteiger charge is 2.12. The summed E-state index contributed by atoms with van der Waals surface area (Å²) in [6.45, 7) is 1.30. The molecule has 0 aliphatic heterocycles. The summed E-state index contributed by atoms with van der Waals surface area (Å²) in [5, 5.41) is 15.0. The molecule has 0 bridgehead atoms. The van der Waals surface area contributed by atoms with Crippen LogP contribution in [0.3, 0.4) is 0 Å². The molecule has 0 heterocycles. The summed E-state index contributed by atoms with van der Waals surface area (Å²) in [4.78, 5) is 24.5. The third-order valence-electron chi connectivity index (χ3n) is 3.16. The Bertz CT molecular complexity index is 689. The lowest BCUT2D eigenvalue weighted by atomic mass is 10.0. The van der Waals surface area contributed by atoms with E-state index in [1.54, 1.807) is 24.3 Å². The van der Waals surface area contributed by atoms with E-state index >= 15 is 0 Å². The van der Waals surface area contributed by atoms with Crippen molar-refractivity contribution in [3.63, 3.8) is 0 Å². The monoisotopic (exact) mass is 323 g/mol. The number of benzene rings is 2. The molecule has 1 amide bonds. The van der Waals surface area contributed by atoms with Gasteiger partial charge in [0.1, 0.15) is 0 Å². The molecule has 0 aliphatic carbocycles. The molecule has 6 nitrogen and oxygen atoms in total. The summed E-state index contributed by atoms with van der Waals surface area (Å²) in [6, 6.07) is 9.73. The zero-order valence-electron chi connectivity index (χ0n) is 12.4. The molecular formula is C15H18ClN3O3. The molecule has 0 radical (unpaired) electrons. The molecule has 0 saturated heterocycles. The smallest absolute Gasteiger partial charge is 0.270 e. The fourth-order valence-corrected chi connectivity index (χ4v) is 2.07. The van der Waals surface area contributed by atoms with E-state index in [2.05, 4.69) is 5.32 Å². The van der Waals surface area contributed by atoms with Gasteiger partial charge in [-0.3, -0.25) is 14.9 Å². The van der Waals surface area contributed by atoms with E-state index in [4.69, 9.17) is 0 Å². The molecule has 7 heteroatoms. The summed E-state index contributed by atoms with van der Waals surface area (Å²) >= 11 is 0. The number of nitrogens with one attached hydrogen (secondary N) is 1. The van der Waals surface area contributed by atoms with Crippen molar-refractivity contribution in [2.45, 2.75) is 0 Å². The van der Waals surface area contributed by atoms with E-state index in [9.17, 15) is 14.9 Å². The average Bonchev–Trinajstić information content (AvgIpc) is 2.45. The molecule has 0 saturated carbocycles. The van der Waals surface area contributed by atoms with Gasteiger partial charge >= 0.3 is 0 Å². The number of hydrogen-bond donors (Lipinski definition) is 1. The maximum absolute atomic E-state index is 12.2. The lowest BCUT2D eigenvalue weighted by Crippen LogP contribution is -2.31. The number of halogens is 1. The van der Waals surface area contributed by atoms with Gasteiger partial charge in [-0.1, -0.05) is 12.1 Å². The molecule has 0 aliphatic rings. The molecule has 2 rings (SSSR count). The number of fused-ring (bicyclic) bond motifs is 1. The standard InChI is InChI=1S/C15H17N3O3.ClH/c1-17(2)9-8-16-15(19)14-5-3-4-11-10-12(18(20)21)6-7-13(11)14;/h3-7,10H,8-9H2,1-2H3,(H,16,19);1H. The third-order valence-corrected chi connectivity index (χ3v) is 3.16. The minimum absolute atomic E-state index is 0. The number of rotatable bonds is 5. The van der Waals surface area contributed by atoms with Gasteiger partial charge in [-0.15, -0.1) is 12.4 Å². The summed E-state index contributed by atoms with van der Waals surface area (Å²) in [5.41, 5.74) is 0.550. The number of nitro groups is 1. The molecular weight excluding hydrogens is 306 g/mol. The van der Waals surface area contributed by atoms with E-state index in [0.717, 1.165) is 6.54 Å². The van der Waals surface area contributed by atoms with E-state index in [1.165, 1.54) is 12.1 Å². The summed E-state index contributed by atoms with van der Waals surface area (Å²) in [6.07, 6.45) is 0. The normalized spacial score (nSPS) is 10.3. The number of nitrogens with zero attached hydrogens (tertiary/aromatic N) is 2. The van der Waals surface area contributed by atoms with Crippen LogP contribution in [0.25, 0.3) is 10.8 Å². The first-order chi connectivity index (χ1) is 9.99. The molecule has 0 spiro atoms. The first-order valence-electron chi connectivity index (χ1n) is 6.59. The van der Waals surface area contributed by atoms with E-state index < -0.39 is 4.92 Å². The first-order valence-corrected chi connectivity index (χ1v) is 6.59. The predicted octanol–water partition coefficient (Wildman–Crippen LogP) is 2.46. The quantitative estimate of drug-likeness (QED) is 0.677. The highest BCUT2D eigenvalue weighted by Crippen LogP contribution is 2.23. The van der Waals surface area contributed by atoms with Crippen LogP contribution in [-0.4, -0.2) is 42.9 Å². The zero-order chi connectivity index (χ0) is 15.4. The van der Waals surface area contributed by atoms with Gasteiger partial charge in [0.2, 0.25) is 0 Å². The van der Waals surface area contributed by atoms with Crippen LogP contribution in [0.2, 0.25) is 0 Å². The Morgan fingerprint density at radius 3 is 2.64 bits per heavy atom. The third kappa shape index (κ3) is 4.16. The maximum atomic E-state index is 12.2. The second-order valence-electron chi connectivity index (χ2n) is 5.03. The summed E-state index contributed by atoms with van der Waals surface area (Å²) < 4.78 is 0. The Labute approximate surface area is 134 Å². The minimum Gasteiger partial charge on any atom is -0.351 e. The van der Waals surface area contributed by atoms with Gasteiger partial charge in [-0.2, -0.15) is 0 Å².